The van der Waals surface area contributed by atoms with E-state index in [0.717, 1.165) is 6.42 Å². The average molecular weight is 758 g/mol. The molecule has 4 aliphatic carbocycles. The van der Waals surface area contributed by atoms with Crippen LogP contribution in [0.4, 0.5) is 0 Å². The summed E-state index contributed by atoms with van der Waals surface area (Å²) in [6.45, 7) is 25.0. The van der Waals surface area contributed by atoms with Crippen molar-refractivity contribution in [3.8, 4) is 0 Å². The first-order valence-corrected chi connectivity index (χ1v) is 22.4. The fourth-order valence-corrected chi connectivity index (χ4v) is 7.89. The number of allylic oxidation sites excluding steroid dienone is 6. The van der Waals surface area contributed by atoms with Gasteiger partial charge >= 0.3 is 41.6 Å². The van der Waals surface area contributed by atoms with Crippen LogP contribution in [0.3, 0.4) is 0 Å². The van der Waals surface area contributed by atoms with Gasteiger partial charge in [-0.3, -0.25) is 0 Å². The molecule has 2 aromatic carbocycles. The van der Waals surface area contributed by atoms with E-state index in [1.54, 1.807) is 28.2 Å². The molecule has 0 bridgehead atoms. The average Bonchev–Trinajstić information content (AvgIpc) is 3.54. The minimum Gasteiger partial charge on any atom is -1.00 e. The molecule has 0 spiro atoms. The van der Waals surface area contributed by atoms with Crippen molar-refractivity contribution in [2.45, 2.75) is 87.7 Å². The Balaban J connectivity index is 0.000000441. The first-order chi connectivity index (χ1) is 17.7. The van der Waals surface area contributed by atoms with Gasteiger partial charge in [-0.1, -0.05) is 113 Å². The smallest absolute Gasteiger partial charge is 0.172 e. The molecule has 2 unspecified atom stereocenters. The van der Waals surface area contributed by atoms with E-state index in [4.69, 9.17) is 0 Å². The van der Waals surface area contributed by atoms with E-state index in [1.165, 1.54) is 47.0 Å². The molecule has 2 aromatic rings. The topological polar surface area (TPSA) is 0 Å². The maximum Gasteiger partial charge on any atom is -0.172 e. The molecular weight excluding hydrogens is 710 g/mol. The molecule has 1 saturated carbocycles. The summed E-state index contributed by atoms with van der Waals surface area (Å²) in [6.07, 6.45) is 8.50. The Morgan fingerprint density at radius 3 is 2.02 bits per heavy atom. The fraction of sp³-hybridized carbons (Fsp3) is 0.500. The number of halogens is 2. The summed E-state index contributed by atoms with van der Waals surface area (Å²) in [6, 6.07) is 19.2. The maximum absolute atomic E-state index is 2.62. The fourth-order valence-electron chi connectivity index (χ4n) is 7.89. The molecule has 40 heavy (non-hydrogen) atoms. The Morgan fingerprint density at radius 2 is 1.48 bits per heavy atom. The number of hydrogen-bond donors (Lipinski definition) is 0. The molecule has 0 heterocycles. The van der Waals surface area contributed by atoms with Crippen LogP contribution in [0, 0.1) is 33.5 Å². The van der Waals surface area contributed by atoms with Crippen molar-refractivity contribution in [1.82, 2.24) is 0 Å². The summed E-state index contributed by atoms with van der Waals surface area (Å²) >= 11 is 1.45. The summed E-state index contributed by atoms with van der Waals surface area (Å²) in [7, 11) is 0. The van der Waals surface area contributed by atoms with Gasteiger partial charge in [0.25, 0.3) is 0 Å². The van der Waals surface area contributed by atoms with Gasteiger partial charge in [-0.15, -0.1) is 6.92 Å². The van der Waals surface area contributed by atoms with Crippen LogP contribution in [0.2, 0.25) is 13.1 Å². The van der Waals surface area contributed by atoms with E-state index in [0.29, 0.717) is 5.92 Å². The molecule has 0 saturated heterocycles. The Hall–Kier alpha value is -0.673. The minimum atomic E-state index is 0. The molecule has 4 aliphatic rings. The molecule has 0 aromatic heterocycles. The molecule has 6 rings (SSSR count). The van der Waals surface area contributed by atoms with Gasteiger partial charge in [-0.25, -0.2) is 18.1 Å². The molecule has 2 atom stereocenters. The SMILES string of the molecule is C[C-]1C2=C3Cc4ccccc4C3=C3C=CCCC3C2(C)C(C)(C)C(C)(C)C1(C)C.C[Si](C)=[Hf+2].[Cl-].[Cl-].c1cc[cH-]c1. The zero-order chi connectivity index (χ0) is 28.1. The summed E-state index contributed by atoms with van der Waals surface area (Å²) in [5.74, 6) is 2.24. The van der Waals surface area contributed by atoms with Crippen LogP contribution in [0.5, 0.6) is 0 Å². The van der Waals surface area contributed by atoms with Crippen LogP contribution >= 0.6 is 0 Å². The zero-order valence-corrected chi connectivity index (χ0v) is 32.4. The van der Waals surface area contributed by atoms with E-state index in [1.807, 2.05) is 30.3 Å². The molecule has 0 radical (unpaired) electrons. The van der Waals surface area contributed by atoms with Gasteiger partial charge in [-0.05, 0) is 40.6 Å². The van der Waals surface area contributed by atoms with Gasteiger partial charge < -0.3 is 24.8 Å². The van der Waals surface area contributed by atoms with E-state index in [-0.39, 0.29) is 52.0 Å². The molecule has 0 aliphatic heterocycles. The second kappa shape index (κ2) is 12.9. The normalized spacial score (nSPS) is 25.8. The zero-order valence-electron chi connectivity index (χ0n) is 26.3. The third-order valence-corrected chi connectivity index (χ3v) is 11.3. The van der Waals surface area contributed by atoms with Crippen LogP contribution in [0.15, 0.2) is 83.5 Å². The van der Waals surface area contributed by atoms with Crippen LogP contribution in [-0.4, -0.2) is 5.49 Å². The Morgan fingerprint density at radius 1 is 0.900 bits per heavy atom. The summed E-state index contributed by atoms with van der Waals surface area (Å²) in [4.78, 5) is 0. The van der Waals surface area contributed by atoms with Gasteiger partial charge in [0.05, 0.1) is 0 Å². The molecule has 216 valence electrons. The monoisotopic (exact) mass is 758 g/mol. The van der Waals surface area contributed by atoms with Crippen LogP contribution in [-0.2, 0) is 29.4 Å². The molecule has 0 amide bonds. The van der Waals surface area contributed by atoms with Crippen molar-refractivity contribution >= 4 is 11.1 Å². The minimum absolute atomic E-state index is 0. The van der Waals surface area contributed by atoms with Crippen molar-refractivity contribution in [1.29, 1.82) is 0 Å². The predicted octanol–water partition coefficient (Wildman–Crippen LogP) is 4.16. The quantitative estimate of drug-likeness (QED) is 0.280. The summed E-state index contributed by atoms with van der Waals surface area (Å²) in [5.41, 5.74) is 10.6. The number of fused-ring (bicyclic) bond motifs is 6. The third-order valence-electron chi connectivity index (χ3n) is 11.3. The van der Waals surface area contributed by atoms with Gasteiger partial charge in [0.15, 0.2) is 0 Å². The number of benzene rings is 1. The summed E-state index contributed by atoms with van der Waals surface area (Å²) in [5, 5.41) is 0. The molecule has 0 nitrogen and oxygen atoms in total. The van der Waals surface area contributed by atoms with Gasteiger partial charge in [0.1, 0.15) is 0 Å². The number of rotatable bonds is 0. The van der Waals surface area contributed by atoms with Crippen molar-refractivity contribution in [2.24, 2.45) is 27.6 Å². The standard InChI is InChI=1S/C29H37.C5H5.C2H6Si.2ClH.Hf/c1-18-25-22-17-19-13-9-10-14-20(19)24(22)21-15-11-12-16-23(21)29(25,8)28(6,7)27(4,5)26(18,2)3;1-2-4-5-3-1;1-3-2;;;/h9-11,13-15,23H,12,16-17H2,1-8H3;1-5H;1-2H3;2*1H;/q2*-1;;;;+2/p-2. The van der Waals surface area contributed by atoms with Gasteiger partial charge in [0.2, 0.25) is 0 Å². The van der Waals surface area contributed by atoms with E-state index >= 15 is 0 Å². The van der Waals surface area contributed by atoms with E-state index in [2.05, 4.69) is 105 Å². The summed E-state index contributed by atoms with van der Waals surface area (Å²) < 4.78 is 0. The largest absolute Gasteiger partial charge is 1.00 e. The van der Waals surface area contributed by atoms with E-state index < -0.39 is 0 Å². The Kier molecular flexibility index (Phi) is 11.5. The van der Waals surface area contributed by atoms with Crippen molar-refractivity contribution < 1.29 is 47.8 Å². The predicted molar refractivity (Wildman–Crippen MR) is 164 cm³/mol. The second-order valence-corrected chi connectivity index (χ2v) is 26.5. The first-order valence-electron chi connectivity index (χ1n) is 14.5. The maximum atomic E-state index is 2.62. The van der Waals surface area contributed by atoms with Crippen LogP contribution in [0.1, 0.15) is 79.4 Å². The van der Waals surface area contributed by atoms with Crippen molar-refractivity contribution in [2.75, 3.05) is 0 Å². The third kappa shape index (κ3) is 5.42. The molecule has 1 fully saturated rings. The Bertz CT molecular complexity index is 1270. The van der Waals surface area contributed by atoms with Crippen molar-refractivity contribution in [3.63, 3.8) is 0 Å². The van der Waals surface area contributed by atoms with Crippen LogP contribution < -0.4 is 24.8 Å². The van der Waals surface area contributed by atoms with Crippen LogP contribution in [0.25, 0.3) is 5.57 Å². The van der Waals surface area contributed by atoms with Crippen molar-refractivity contribution in [3.05, 3.63) is 101 Å². The molecule has 0 N–H and O–H groups in total. The van der Waals surface area contributed by atoms with Gasteiger partial charge in [-0.2, -0.15) is 29.3 Å². The first kappa shape index (κ1) is 35.5. The van der Waals surface area contributed by atoms with Gasteiger partial charge in [0, 0.05) is 0 Å². The molecule has 4 heteroatoms. The molecular formula is C36H48Cl2HfSi-2. The number of hydrogen-bond acceptors (Lipinski definition) is 0. The van der Waals surface area contributed by atoms with E-state index in [9.17, 15) is 0 Å². The second-order valence-electron chi connectivity index (χ2n) is 13.7. The Labute approximate surface area is 272 Å².